The van der Waals surface area contributed by atoms with Gasteiger partial charge >= 0.3 is 17.8 Å². The highest BCUT2D eigenvalue weighted by Crippen LogP contribution is 2.35. The van der Waals surface area contributed by atoms with Crippen LogP contribution in [0.1, 0.15) is 48.3 Å². The van der Waals surface area contributed by atoms with Crippen molar-refractivity contribution in [3.63, 3.8) is 0 Å². The number of amides is 3. The number of carbonyl (C=O) groups is 2. The fourth-order valence-electron chi connectivity index (χ4n) is 4.45. The van der Waals surface area contributed by atoms with Crippen molar-refractivity contribution in [2.24, 2.45) is 0 Å². The van der Waals surface area contributed by atoms with Gasteiger partial charge in [0.05, 0.1) is 5.39 Å². The Bertz CT molecular complexity index is 1510. The van der Waals surface area contributed by atoms with Gasteiger partial charge in [-0.3, -0.25) is 9.89 Å². The lowest BCUT2D eigenvalue weighted by Crippen LogP contribution is -2.42. The van der Waals surface area contributed by atoms with Crippen molar-refractivity contribution in [2.45, 2.75) is 38.8 Å². The molecule has 1 aromatic carbocycles. The van der Waals surface area contributed by atoms with E-state index in [2.05, 4.69) is 40.9 Å². The van der Waals surface area contributed by atoms with Gasteiger partial charge in [-0.05, 0) is 29.7 Å². The quantitative estimate of drug-likeness (QED) is 0.327. The van der Waals surface area contributed by atoms with E-state index in [4.69, 9.17) is 4.52 Å². The van der Waals surface area contributed by atoms with E-state index in [0.29, 0.717) is 41.5 Å². The number of benzene rings is 1. The Hall–Kier alpha value is -4.55. The number of pyridine rings is 1. The number of aromatic amines is 1. The molecule has 4 aromatic rings. The normalized spacial score (nSPS) is 15.2. The van der Waals surface area contributed by atoms with Crippen LogP contribution in [-0.4, -0.2) is 75.4 Å². The SMILES string of the molecule is CC(C)c1noc(C(=O)NCc2ccc(-c3ccnc4[nH]nc(N5CC[C@@H](NC(=O)N(C)C)C5)c34)cc2F)n1. The Balaban J connectivity index is 1.33. The van der Waals surface area contributed by atoms with Crippen molar-refractivity contribution in [1.82, 2.24) is 40.9 Å². The number of halogens is 1. The second-order valence-electron chi connectivity index (χ2n) is 10.0. The molecule has 0 bridgehead atoms. The number of hydrogen-bond donors (Lipinski definition) is 3. The molecule has 1 aliphatic rings. The number of nitrogens with one attached hydrogen (secondary N) is 3. The highest BCUT2D eigenvalue weighted by atomic mass is 19.1. The zero-order valence-corrected chi connectivity index (χ0v) is 22.2. The lowest BCUT2D eigenvalue weighted by atomic mass is 10.0. The van der Waals surface area contributed by atoms with Crippen molar-refractivity contribution in [2.75, 3.05) is 32.1 Å². The van der Waals surface area contributed by atoms with Gasteiger partial charge in [-0.15, -0.1) is 0 Å². The van der Waals surface area contributed by atoms with Crippen LogP contribution >= 0.6 is 0 Å². The lowest BCUT2D eigenvalue weighted by molar-refractivity contribution is 0.0906. The van der Waals surface area contributed by atoms with E-state index in [9.17, 15) is 9.59 Å². The van der Waals surface area contributed by atoms with Gasteiger partial charge in [0.25, 0.3) is 0 Å². The summed E-state index contributed by atoms with van der Waals surface area (Å²) in [6.07, 6.45) is 2.42. The van der Waals surface area contributed by atoms with E-state index in [1.54, 1.807) is 32.4 Å². The molecule has 3 amide bonds. The molecule has 0 spiro atoms. The first-order valence-corrected chi connectivity index (χ1v) is 12.7. The van der Waals surface area contributed by atoms with Crippen LogP contribution in [0.2, 0.25) is 0 Å². The van der Waals surface area contributed by atoms with Crippen LogP contribution < -0.4 is 15.5 Å². The van der Waals surface area contributed by atoms with E-state index >= 15 is 4.39 Å². The van der Waals surface area contributed by atoms with E-state index in [0.717, 1.165) is 17.4 Å². The van der Waals surface area contributed by atoms with Gasteiger partial charge in [0.1, 0.15) is 5.82 Å². The number of carbonyl (C=O) groups excluding carboxylic acids is 2. The fourth-order valence-corrected chi connectivity index (χ4v) is 4.45. The highest BCUT2D eigenvalue weighted by Gasteiger charge is 2.28. The van der Waals surface area contributed by atoms with E-state index in [1.165, 1.54) is 11.0 Å². The molecule has 0 radical (unpaired) electrons. The van der Waals surface area contributed by atoms with Crippen LogP contribution in [0.15, 0.2) is 35.0 Å². The third-order valence-corrected chi connectivity index (χ3v) is 6.62. The number of hydrogen-bond acceptors (Lipinski definition) is 8. The van der Waals surface area contributed by atoms with Crippen molar-refractivity contribution in [1.29, 1.82) is 0 Å². The molecule has 1 aliphatic heterocycles. The zero-order chi connectivity index (χ0) is 27.7. The summed E-state index contributed by atoms with van der Waals surface area (Å²) in [5, 5.41) is 17.7. The molecule has 1 saturated heterocycles. The predicted octanol–water partition coefficient (Wildman–Crippen LogP) is 3.05. The Morgan fingerprint density at radius 1 is 1.28 bits per heavy atom. The molecule has 1 fully saturated rings. The number of nitrogens with zero attached hydrogens (tertiary/aromatic N) is 6. The Morgan fingerprint density at radius 3 is 2.82 bits per heavy atom. The van der Waals surface area contributed by atoms with Gasteiger partial charge in [0.2, 0.25) is 0 Å². The molecule has 0 saturated carbocycles. The molecular formula is C26H30FN9O3. The van der Waals surface area contributed by atoms with Crippen LogP contribution in [-0.2, 0) is 6.54 Å². The van der Waals surface area contributed by atoms with Crippen LogP contribution in [0.25, 0.3) is 22.2 Å². The topological polar surface area (TPSA) is 145 Å². The smallest absolute Gasteiger partial charge is 0.317 e. The summed E-state index contributed by atoms with van der Waals surface area (Å²) >= 11 is 0. The van der Waals surface area contributed by atoms with Gasteiger partial charge in [-0.25, -0.2) is 14.2 Å². The van der Waals surface area contributed by atoms with Crippen molar-refractivity contribution in [3.8, 4) is 11.1 Å². The second-order valence-corrected chi connectivity index (χ2v) is 10.0. The number of H-pyrrole nitrogens is 1. The summed E-state index contributed by atoms with van der Waals surface area (Å²) < 4.78 is 20.2. The molecule has 3 aromatic heterocycles. The summed E-state index contributed by atoms with van der Waals surface area (Å²) in [4.78, 5) is 36.5. The van der Waals surface area contributed by atoms with E-state index in [1.807, 2.05) is 19.9 Å². The molecule has 5 rings (SSSR count). The third kappa shape index (κ3) is 5.38. The molecule has 1 atom stereocenters. The minimum Gasteiger partial charge on any atom is -0.352 e. The molecule has 0 aliphatic carbocycles. The summed E-state index contributed by atoms with van der Waals surface area (Å²) in [5.41, 5.74) is 2.31. The number of rotatable bonds is 7. The lowest BCUT2D eigenvalue weighted by Gasteiger charge is -2.19. The van der Waals surface area contributed by atoms with Gasteiger partial charge in [0.15, 0.2) is 17.3 Å². The van der Waals surface area contributed by atoms with E-state index in [-0.39, 0.29) is 30.4 Å². The Labute approximate surface area is 224 Å². The summed E-state index contributed by atoms with van der Waals surface area (Å²) in [7, 11) is 3.41. The molecule has 0 unspecified atom stereocenters. The first kappa shape index (κ1) is 26.1. The third-order valence-electron chi connectivity index (χ3n) is 6.62. The second kappa shape index (κ2) is 10.7. The predicted molar refractivity (Wildman–Crippen MR) is 142 cm³/mol. The van der Waals surface area contributed by atoms with Gasteiger partial charge in [-0.1, -0.05) is 31.1 Å². The van der Waals surface area contributed by atoms with Crippen LogP contribution in [0, 0.1) is 5.82 Å². The Morgan fingerprint density at radius 2 is 2.10 bits per heavy atom. The number of urea groups is 1. The average Bonchev–Trinajstić information content (AvgIpc) is 3.67. The largest absolute Gasteiger partial charge is 0.352 e. The minimum absolute atomic E-state index is 0.0113. The first-order valence-electron chi connectivity index (χ1n) is 12.7. The molecule has 13 heteroatoms. The Kier molecular flexibility index (Phi) is 7.13. The average molecular weight is 536 g/mol. The summed E-state index contributed by atoms with van der Waals surface area (Å²) in [6.45, 7) is 5.04. The van der Waals surface area contributed by atoms with Gasteiger partial charge in [-0.2, -0.15) is 10.1 Å². The molecular weight excluding hydrogens is 505 g/mol. The van der Waals surface area contributed by atoms with Crippen LogP contribution in [0.5, 0.6) is 0 Å². The fraction of sp³-hybridized carbons (Fsp3) is 0.385. The van der Waals surface area contributed by atoms with Gasteiger partial charge in [0, 0.05) is 57.4 Å². The van der Waals surface area contributed by atoms with Crippen molar-refractivity contribution in [3.05, 3.63) is 53.6 Å². The van der Waals surface area contributed by atoms with Crippen LogP contribution in [0.4, 0.5) is 15.0 Å². The number of anilines is 1. The van der Waals surface area contributed by atoms with Crippen LogP contribution in [0.3, 0.4) is 0 Å². The monoisotopic (exact) mass is 535 g/mol. The van der Waals surface area contributed by atoms with E-state index < -0.39 is 11.7 Å². The maximum atomic E-state index is 15.2. The summed E-state index contributed by atoms with van der Waals surface area (Å²) in [6, 6.07) is 6.53. The van der Waals surface area contributed by atoms with Gasteiger partial charge < -0.3 is 25.0 Å². The molecule has 4 heterocycles. The number of aromatic nitrogens is 5. The molecule has 39 heavy (non-hydrogen) atoms. The van der Waals surface area contributed by atoms with Crippen molar-refractivity contribution < 1.29 is 18.5 Å². The molecule has 204 valence electrons. The molecule has 3 N–H and O–H groups in total. The maximum Gasteiger partial charge on any atom is 0.317 e. The zero-order valence-electron chi connectivity index (χ0n) is 22.2. The minimum atomic E-state index is -0.567. The van der Waals surface area contributed by atoms with Crippen molar-refractivity contribution >= 4 is 28.8 Å². The highest BCUT2D eigenvalue weighted by molar-refractivity contribution is 6.00. The summed E-state index contributed by atoms with van der Waals surface area (Å²) in [5.74, 6) is -0.0434. The standard InChI is InChI=1S/C26H30FN9O3/c1-14(2)21-31-25(39-34-21)24(37)29-12-16-6-5-15(11-19(16)27)18-7-9-28-22-20(18)23(33-32-22)36-10-8-17(13-36)30-26(38)35(3)4/h5-7,9,11,14,17H,8,10,12-13H2,1-4H3,(H,29,37)(H,30,38)(H,28,32,33)/t17-/m1/s1. The first-order chi connectivity index (χ1) is 18.7. The number of fused-ring (bicyclic) bond motifs is 1. The maximum absolute atomic E-state index is 15.2. The molecule has 12 nitrogen and oxygen atoms in total.